The van der Waals surface area contributed by atoms with E-state index in [0.717, 1.165) is 17.7 Å². The van der Waals surface area contributed by atoms with Crippen LogP contribution in [0.5, 0.6) is 0 Å². The Morgan fingerprint density at radius 2 is 2.05 bits per heavy atom. The highest BCUT2D eigenvalue weighted by molar-refractivity contribution is 7.14. The molecule has 0 spiro atoms. The van der Waals surface area contributed by atoms with Gasteiger partial charge in [-0.2, -0.15) is 0 Å². The number of benzene rings is 1. The number of carbonyl (C=O) groups excluding carboxylic acids is 1. The van der Waals surface area contributed by atoms with Gasteiger partial charge in [-0.25, -0.2) is 4.39 Å². The fourth-order valence-corrected chi connectivity index (χ4v) is 3.95. The number of hydrogen-bond acceptors (Lipinski definition) is 2. The molecular weight excluding hydrogens is 295 g/mol. The predicted octanol–water partition coefficient (Wildman–Crippen LogP) is 4.84. The Kier molecular flexibility index (Phi) is 3.90. The van der Waals surface area contributed by atoms with Gasteiger partial charge in [-0.1, -0.05) is 11.6 Å². The molecule has 0 aliphatic heterocycles. The fraction of sp³-hybridized carbons (Fsp3) is 0.312. The molecule has 2 aromatic rings. The van der Waals surface area contributed by atoms with Crippen LogP contribution in [0.1, 0.15) is 38.5 Å². The van der Waals surface area contributed by atoms with Crippen molar-refractivity contribution < 1.29 is 9.18 Å². The van der Waals surface area contributed by atoms with E-state index in [0.29, 0.717) is 10.6 Å². The zero-order valence-electron chi connectivity index (χ0n) is 10.9. The molecule has 4 heteroatoms. The Balaban J connectivity index is 1.82. The lowest BCUT2D eigenvalue weighted by molar-refractivity contribution is 0.0995. The minimum absolute atomic E-state index is 0.0226. The Labute approximate surface area is 126 Å². The summed E-state index contributed by atoms with van der Waals surface area (Å²) >= 11 is 7.42. The quantitative estimate of drug-likeness (QED) is 0.741. The van der Waals surface area contributed by atoms with Crippen molar-refractivity contribution in [2.45, 2.75) is 32.1 Å². The Morgan fingerprint density at radius 1 is 1.25 bits per heavy atom. The zero-order valence-corrected chi connectivity index (χ0v) is 12.5. The Hall–Kier alpha value is -1.19. The highest BCUT2D eigenvalue weighted by atomic mass is 35.5. The van der Waals surface area contributed by atoms with Crippen LogP contribution >= 0.6 is 22.9 Å². The van der Waals surface area contributed by atoms with Crippen molar-refractivity contribution in [3.63, 3.8) is 0 Å². The molecule has 0 atom stereocenters. The first-order valence-corrected chi connectivity index (χ1v) is 7.91. The lowest BCUT2D eigenvalue weighted by atomic mass is 9.98. The molecule has 0 saturated heterocycles. The number of hydrogen-bond donors (Lipinski definition) is 0. The van der Waals surface area contributed by atoms with E-state index in [1.54, 1.807) is 11.3 Å². The van der Waals surface area contributed by atoms with Gasteiger partial charge in [-0.15, -0.1) is 11.3 Å². The van der Waals surface area contributed by atoms with Gasteiger partial charge in [0, 0.05) is 16.3 Å². The molecule has 0 saturated carbocycles. The number of carbonyl (C=O) groups is 1. The van der Waals surface area contributed by atoms with Gasteiger partial charge in [-0.05, 0) is 61.1 Å². The summed E-state index contributed by atoms with van der Waals surface area (Å²) in [6, 6.07) is 6.32. The molecule has 1 nitrogen and oxygen atoms in total. The Morgan fingerprint density at radius 3 is 2.85 bits per heavy atom. The number of ketones is 1. The van der Waals surface area contributed by atoms with Crippen molar-refractivity contribution in [3.8, 4) is 0 Å². The van der Waals surface area contributed by atoms with E-state index in [-0.39, 0.29) is 18.0 Å². The molecule has 0 fully saturated rings. The molecule has 1 aliphatic carbocycles. The maximum atomic E-state index is 13.7. The lowest BCUT2D eigenvalue weighted by Crippen LogP contribution is -2.03. The van der Waals surface area contributed by atoms with E-state index in [9.17, 15) is 9.18 Å². The zero-order chi connectivity index (χ0) is 14.1. The van der Waals surface area contributed by atoms with Gasteiger partial charge in [0.15, 0.2) is 5.78 Å². The third-order valence-corrected chi connectivity index (χ3v) is 5.14. The molecule has 1 aromatic carbocycles. The first kappa shape index (κ1) is 13.8. The summed E-state index contributed by atoms with van der Waals surface area (Å²) in [5.74, 6) is -0.394. The van der Waals surface area contributed by atoms with E-state index < -0.39 is 0 Å². The minimum Gasteiger partial charge on any atom is -0.293 e. The molecule has 3 rings (SSSR count). The van der Waals surface area contributed by atoms with E-state index in [1.807, 2.05) is 6.07 Å². The van der Waals surface area contributed by atoms with Crippen molar-refractivity contribution in [1.29, 1.82) is 0 Å². The van der Waals surface area contributed by atoms with Crippen molar-refractivity contribution in [1.82, 2.24) is 0 Å². The van der Waals surface area contributed by atoms with Crippen molar-refractivity contribution in [3.05, 3.63) is 56.0 Å². The summed E-state index contributed by atoms with van der Waals surface area (Å²) in [5.41, 5.74) is 1.67. The number of fused-ring (bicyclic) bond motifs is 1. The van der Waals surface area contributed by atoms with Crippen LogP contribution in [0.4, 0.5) is 4.39 Å². The average Bonchev–Trinajstić information content (AvgIpc) is 2.87. The van der Waals surface area contributed by atoms with E-state index >= 15 is 0 Å². The van der Waals surface area contributed by atoms with Gasteiger partial charge >= 0.3 is 0 Å². The van der Waals surface area contributed by atoms with Crippen LogP contribution in [0.25, 0.3) is 0 Å². The minimum atomic E-state index is -0.371. The number of aryl methyl sites for hydroxylation is 2. The summed E-state index contributed by atoms with van der Waals surface area (Å²) < 4.78 is 13.7. The van der Waals surface area contributed by atoms with Gasteiger partial charge in [0.05, 0.1) is 4.88 Å². The number of halogens is 2. The molecule has 1 heterocycles. The number of Topliss-reactive ketones (excluding diaryl/α,β-unsaturated/α-hetero) is 1. The maximum Gasteiger partial charge on any atom is 0.177 e. The third-order valence-electron chi connectivity index (χ3n) is 3.63. The molecule has 0 unspecified atom stereocenters. The molecule has 0 bridgehead atoms. The smallest absolute Gasteiger partial charge is 0.177 e. The summed E-state index contributed by atoms with van der Waals surface area (Å²) in [7, 11) is 0. The molecule has 0 radical (unpaired) electrons. The monoisotopic (exact) mass is 308 g/mol. The predicted molar refractivity (Wildman–Crippen MR) is 80.4 cm³/mol. The lowest BCUT2D eigenvalue weighted by Gasteiger charge is -2.08. The second kappa shape index (κ2) is 5.66. The fourth-order valence-electron chi connectivity index (χ4n) is 2.57. The molecule has 20 heavy (non-hydrogen) atoms. The van der Waals surface area contributed by atoms with Crippen molar-refractivity contribution in [2.75, 3.05) is 0 Å². The van der Waals surface area contributed by atoms with Gasteiger partial charge in [-0.3, -0.25) is 4.79 Å². The van der Waals surface area contributed by atoms with Crippen LogP contribution in [0.2, 0.25) is 5.02 Å². The number of thiophene rings is 1. The standard InChI is InChI=1S/C16H14ClFOS/c17-12-5-6-13(18)11(7-12)8-14(19)16-9-10-3-1-2-4-15(10)20-16/h5-7,9H,1-4,8H2. The SMILES string of the molecule is O=C(Cc1cc(Cl)ccc1F)c1cc2c(s1)CCCC2. The van der Waals surface area contributed by atoms with Crippen LogP contribution in [0, 0.1) is 5.82 Å². The number of rotatable bonds is 3. The van der Waals surface area contributed by atoms with E-state index in [2.05, 4.69) is 0 Å². The second-order valence-electron chi connectivity index (χ2n) is 5.10. The van der Waals surface area contributed by atoms with Gasteiger partial charge < -0.3 is 0 Å². The van der Waals surface area contributed by atoms with Crippen LogP contribution in [-0.4, -0.2) is 5.78 Å². The largest absolute Gasteiger partial charge is 0.293 e. The van der Waals surface area contributed by atoms with E-state index in [1.165, 1.54) is 41.5 Å². The van der Waals surface area contributed by atoms with Crippen molar-refractivity contribution in [2.24, 2.45) is 0 Å². The summed E-state index contributed by atoms with van der Waals surface area (Å²) in [6.45, 7) is 0. The van der Waals surface area contributed by atoms with Crippen LogP contribution < -0.4 is 0 Å². The summed E-state index contributed by atoms with van der Waals surface area (Å²) in [6.07, 6.45) is 4.60. The molecule has 0 N–H and O–H groups in total. The van der Waals surface area contributed by atoms with Crippen LogP contribution in [0.3, 0.4) is 0 Å². The van der Waals surface area contributed by atoms with Gasteiger partial charge in [0.25, 0.3) is 0 Å². The average molecular weight is 309 g/mol. The highest BCUT2D eigenvalue weighted by Gasteiger charge is 2.18. The normalized spacial score (nSPS) is 14.1. The molecule has 1 aliphatic rings. The summed E-state index contributed by atoms with van der Waals surface area (Å²) in [5, 5.41) is 0.458. The maximum absolute atomic E-state index is 13.7. The molecule has 0 amide bonds. The topological polar surface area (TPSA) is 17.1 Å². The van der Waals surface area contributed by atoms with Gasteiger partial charge in [0.1, 0.15) is 5.82 Å². The molecular formula is C16H14ClFOS. The van der Waals surface area contributed by atoms with Crippen molar-refractivity contribution >= 4 is 28.7 Å². The first-order valence-electron chi connectivity index (χ1n) is 6.72. The van der Waals surface area contributed by atoms with E-state index in [4.69, 9.17) is 11.6 Å². The van der Waals surface area contributed by atoms with Crippen LogP contribution in [0.15, 0.2) is 24.3 Å². The third kappa shape index (κ3) is 2.79. The molecule has 1 aromatic heterocycles. The van der Waals surface area contributed by atoms with Crippen LogP contribution in [-0.2, 0) is 19.3 Å². The highest BCUT2D eigenvalue weighted by Crippen LogP contribution is 2.30. The van der Waals surface area contributed by atoms with Gasteiger partial charge in [0.2, 0.25) is 0 Å². The first-order chi connectivity index (χ1) is 9.63. The summed E-state index contributed by atoms with van der Waals surface area (Å²) in [4.78, 5) is 14.4. The second-order valence-corrected chi connectivity index (χ2v) is 6.68. The molecule has 104 valence electrons. The Bertz CT molecular complexity index is 639.